The molecule has 3 N–H and O–H groups in total. The fourth-order valence-corrected chi connectivity index (χ4v) is 7.31. The maximum atomic E-state index is 13.8. The number of ether oxygens (including phenoxy) is 1. The number of phenolic OH excluding ortho intramolecular Hbond substituents is 1. The van der Waals surface area contributed by atoms with Crippen LogP contribution in [0.2, 0.25) is 0 Å². The number of rotatable bonds is 11. The monoisotopic (exact) mass is 582 g/mol. The van der Waals surface area contributed by atoms with E-state index in [4.69, 9.17) is 14.9 Å². The molecule has 0 spiro atoms. The molecule has 0 aromatic heterocycles. The van der Waals surface area contributed by atoms with Gasteiger partial charge in [0.2, 0.25) is 23.6 Å². The first-order chi connectivity index (χ1) is 20.0. The van der Waals surface area contributed by atoms with Crippen LogP contribution in [0.15, 0.2) is 29.8 Å². The van der Waals surface area contributed by atoms with E-state index in [-0.39, 0.29) is 81.5 Å². The fraction of sp³-hybridized carbons (Fsp3) is 0.533. The van der Waals surface area contributed by atoms with Crippen LogP contribution < -0.4 is 4.74 Å². The van der Waals surface area contributed by atoms with Crippen molar-refractivity contribution < 1.29 is 48.8 Å². The molecule has 1 saturated carbocycles. The fourth-order valence-electron chi connectivity index (χ4n) is 7.31. The van der Waals surface area contributed by atoms with E-state index in [1.807, 2.05) is 6.08 Å². The van der Waals surface area contributed by atoms with Crippen molar-refractivity contribution in [3.05, 3.63) is 35.4 Å². The summed E-state index contributed by atoms with van der Waals surface area (Å²) in [5.41, 5.74) is 1.41. The van der Waals surface area contributed by atoms with Gasteiger partial charge < -0.3 is 20.1 Å². The van der Waals surface area contributed by atoms with Gasteiger partial charge in [-0.15, -0.1) is 0 Å². The summed E-state index contributed by atoms with van der Waals surface area (Å²) in [6.07, 6.45) is 2.23. The molecule has 0 radical (unpaired) electrons. The number of carboxylic acid groups (broad SMARTS) is 2. The van der Waals surface area contributed by atoms with E-state index >= 15 is 0 Å². The highest BCUT2D eigenvalue weighted by Crippen LogP contribution is 2.58. The zero-order valence-corrected chi connectivity index (χ0v) is 23.2. The molecule has 0 bridgehead atoms. The number of carbonyl (C=O) groups excluding carboxylic acids is 4. The molecule has 3 fully saturated rings. The molecule has 5 rings (SSSR count). The van der Waals surface area contributed by atoms with Gasteiger partial charge in [0.1, 0.15) is 0 Å². The van der Waals surface area contributed by atoms with Crippen molar-refractivity contribution in [1.29, 1.82) is 0 Å². The number of benzene rings is 1. The highest BCUT2D eigenvalue weighted by molar-refractivity contribution is 6.08. The predicted molar refractivity (Wildman–Crippen MR) is 144 cm³/mol. The van der Waals surface area contributed by atoms with E-state index in [2.05, 4.69) is 0 Å². The molecule has 12 heteroatoms. The van der Waals surface area contributed by atoms with Gasteiger partial charge in [-0.25, -0.2) is 0 Å². The van der Waals surface area contributed by atoms with Crippen LogP contribution in [-0.4, -0.2) is 80.4 Å². The first-order valence-electron chi connectivity index (χ1n) is 14.3. The summed E-state index contributed by atoms with van der Waals surface area (Å²) in [5, 5.41) is 28.4. The smallest absolute Gasteiger partial charge is 0.303 e. The molecule has 6 atom stereocenters. The number of amides is 4. The molecule has 1 aromatic carbocycles. The van der Waals surface area contributed by atoms with Gasteiger partial charge in [-0.05, 0) is 56.2 Å². The second-order valence-electron chi connectivity index (χ2n) is 11.3. The Morgan fingerprint density at radius 3 is 2.05 bits per heavy atom. The van der Waals surface area contributed by atoms with E-state index in [1.165, 1.54) is 6.07 Å². The van der Waals surface area contributed by atoms with Crippen LogP contribution in [-0.2, 0) is 28.8 Å². The first-order valence-corrected chi connectivity index (χ1v) is 14.3. The average molecular weight is 583 g/mol. The lowest BCUT2D eigenvalue weighted by Gasteiger charge is -2.44. The Hall–Kier alpha value is -4.22. The Balaban J connectivity index is 1.53. The van der Waals surface area contributed by atoms with Crippen molar-refractivity contribution >= 4 is 35.6 Å². The number of imide groups is 2. The lowest BCUT2D eigenvalue weighted by Crippen LogP contribution is -2.43. The number of carbonyl (C=O) groups is 6. The molecule has 1 aromatic rings. The standard InChI is InChI=1S/C30H34N2O10/c1-2-42-21-13-15(7-10-20(21)33)24-16-8-9-17-25(29(40)31(27(17)38)11-3-5-22(34)35)18(16)14-19-26(24)30(41)32(28(19)39)12-4-6-23(36)37/h7-8,10,13,17-19,24-26,33H,2-6,9,11-12,14H2,1H3,(H,34,35)(H,36,37)/t17-,18+,19+,24-,25-,26+/m0/s1. The largest absolute Gasteiger partial charge is 0.504 e. The number of aliphatic carboxylic acids is 2. The number of hydrogen-bond donors (Lipinski definition) is 3. The minimum absolute atomic E-state index is 0.00104. The Morgan fingerprint density at radius 1 is 0.857 bits per heavy atom. The molecule has 4 aliphatic rings. The third kappa shape index (κ3) is 5.03. The SMILES string of the molecule is CCOc1cc([C@H]2C3=CC[C@@H]4C(=O)N(CCCC(=O)O)C(=O)[C@@H]4[C@@H]3C[C@H]3C(=O)N(CCCC(=O)O)C(=O)[C@@H]23)ccc1O. The van der Waals surface area contributed by atoms with E-state index in [1.54, 1.807) is 19.1 Å². The topological polar surface area (TPSA) is 179 Å². The maximum absolute atomic E-state index is 13.8. The van der Waals surface area contributed by atoms with Crippen molar-refractivity contribution in [1.82, 2.24) is 9.80 Å². The zero-order valence-electron chi connectivity index (χ0n) is 23.2. The highest BCUT2D eigenvalue weighted by atomic mass is 16.5. The lowest BCUT2D eigenvalue weighted by atomic mass is 9.57. The summed E-state index contributed by atoms with van der Waals surface area (Å²) in [5.74, 6) is -7.55. The number of aromatic hydroxyl groups is 1. The van der Waals surface area contributed by atoms with Gasteiger partial charge in [-0.3, -0.25) is 38.6 Å². The molecule has 2 heterocycles. The molecule has 2 aliphatic heterocycles. The Kier molecular flexibility index (Phi) is 8.07. The summed E-state index contributed by atoms with van der Waals surface area (Å²) in [4.78, 5) is 78.8. The molecule has 224 valence electrons. The van der Waals surface area contributed by atoms with Gasteiger partial charge >= 0.3 is 11.9 Å². The van der Waals surface area contributed by atoms with Crippen molar-refractivity contribution in [3.63, 3.8) is 0 Å². The van der Waals surface area contributed by atoms with Crippen molar-refractivity contribution in [2.45, 2.75) is 51.4 Å². The Morgan fingerprint density at radius 2 is 1.45 bits per heavy atom. The molecule has 42 heavy (non-hydrogen) atoms. The zero-order chi connectivity index (χ0) is 30.3. The number of fused-ring (bicyclic) bond motifs is 4. The first kappa shape index (κ1) is 29.3. The molecular weight excluding hydrogens is 548 g/mol. The van der Waals surface area contributed by atoms with Crippen molar-refractivity contribution in [3.8, 4) is 11.5 Å². The summed E-state index contributed by atoms with van der Waals surface area (Å²) >= 11 is 0. The van der Waals surface area contributed by atoms with Gasteiger partial charge in [-0.1, -0.05) is 17.7 Å². The quantitative estimate of drug-likeness (QED) is 0.259. The second kappa shape index (κ2) is 11.6. The number of phenols is 1. The number of allylic oxidation sites excluding steroid dienone is 2. The van der Waals surface area contributed by atoms with Crippen molar-refractivity contribution in [2.24, 2.45) is 29.6 Å². The van der Waals surface area contributed by atoms with Crippen molar-refractivity contribution in [2.75, 3.05) is 19.7 Å². The molecule has 12 nitrogen and oxygen atoms in total. The number of likely N-dealkylation sites (tertiary alicyclic amines) is 2. The van der Waals surface area contributed by atoms with Gasteiger partial charge in [0, 0.05) is 31.8 Å². The normalized spacial score (nSPS) is 28.4. The summed E-state index contributed by atoms with van der Waals surface area (Å²) in [6.45, 7) is 2.01. The van der Waals surface area contributed by atoms with Crippen LogP contribution in [0.1, 0.15) is 56.9 Å². The van der Waals surface area contributed by atoms with Gasteiger partial charge in [0.05, 0.1) is 30.3 Å². The highest BCUT2D eigenvalue weighted by Gasteiger charge is 2.61. The summed E-state index contributed by atoms with van der Waals surface area (Å²) in [7, 11) is 0. The second-order valence-corrected chi connectivity index (χ2v) is 11.3. The number of carboxylic acids is 2. The van der Waals surface area contributed by atoms with Gasteiger partial charge in [0.15, 0.2) is 11.5 Å². The van der Waals surface area contributed by atoms with Gasteiger partial charge in [-0.2, -0.15) is 0 Å². The Labute approximate surface area is 241 Å². The third-order valence-corrected chi connectivity index (χ3v) is 9.02. The van der Waals surface area contributed by atoms with Crippen LogP contribution in [0.25, 0.3) is 0 Å². The predicted octanol–water partition coefficient (Wildman–Crippen LogP) is 2.16. The van der Waals surface area contributed by atoms with Crippen LogP contribution in [0, 0.1) is 29.6 Å². The lowest BCUT2D eigenvalue weighted by molar-refractivity contribution is -0.143. The van der Waals surface area contributed by atoms with Crippen LogP contribution >= 0.6 is 0 Å². The molecule has 2 aliphatic carbocycles. The maximum Gasteiger partial charge on any atom is 0.303 e. The van der Waals surface area contributed by atoms with Crippen LogP contribution in [0.4, 0.5) is 0 Å². The van der Waals surface area contributed by atoms with Gasteiger partial charge in [0.25, 0.3) is 0 Å². The minimum Gasteiger partial charge on any atom is -0.504 e. The molecular formula is C30H34N2O10. The number of nitrogens with zero attached hydrogens (tertiary/aromatic N) is 2. The Bertz CT molecular complexity index is 1370. The molecule has 4 amide bonds. The minimum atomic E-state index is -1.03. The summed E-state index contributed by atoms with van der Waals surface area (Å²) < 4.78 is 5.59. The summed E-state index contributed by atoms with van der Waals surface area (Å²) in [6, 6.07) is 4.77. The van der Waals surface area contributed by atoms with E-state index < -0.39 is 59.3 Å². The molecule has 2 saturated heterocycles. The molecule has 0 unspecified atom stereocenters. The van der Waals surface area contributed by atoms with E-state index in [0.29, 0.717) is 5.56 Å². The number of hydrogen-bond acceptors (Lipinski definition) is 8. The van der Waals surface area contributed by atoms with E-state index in [9.17, 15) is 33.9 Å². The average Bonchev–Trinajstić information content (AvgIpc) is 3.33. The van der Waals surface area contributed by atoms with Crippen LogP contribution in [0.5, 0.6) is 11.5 Å². The van der Waals surface area contributed by atoms with E-state index in [0.717, 1.165) is 15.4 Å². The third-order valence-electron chi connectivity index (χ3n) is 9.02. The van der Waals surface area contributed by atoms with Crippen LogP contribution in [0.3, 0.4) is 0 Å².